The van der Waals surface area contributed by atoms with Crippen LogP contribution in [0.2, 0.25) is 0 Å². The van der Waals surface area contributed by atoms with Gasteiger partial charge in [-0.05, 0) is 62.1 Å². The fourth-order valence-corrected chi connectivity index (χ4v) is 3.30. The summed E-state index contributed by atoms with van der Waals surface area (Å²) >= 11 is 0. The molecule has 5 heteroatoms. The van der Waals surface area contributed by atoms with E-state index in [9.17, 15) is 4.79 Å². The number of anilines is 2. The highest BCUT2D eigenvalue weighted by Gasteiger charge is 2.15. The van der Waals surface area contributed by atoms with Gasteiger partial charge >= 0.3 is 0 Å². The summed E-state index contributed by atoms with van der Waals surface area (Å²) in [5.41, 5.74) is 2.03. The highest BCUT2D eigenvalue weighted by molar-refractivity contribution is 5.94. The van der Waals surface area contributed by atoms with Crippen molar-refractivity contribution in [3.63, 3.8) is 0 Å². The van der Waals surface area contributed by atoms with Crippen LogP contribution in [0.3, 0.4) is 0 Å². The molecule has 3 rings (SSSR count). The van der Waals surface area contributed by atoms with E-state index in [1.54, 1.807) is 7.11 Å². The van der Waals surface area contributed by atoms with E-state index in [4.69, 9.17) is 9.47 Å². The minimum atomic E-state index is 0.0257. The normalized spacial score (nSPS) is 13.9. The molecule has 0 atom stereocenters. The van der Waals surface area contributed by atoms with Crippen LogP contribution in [0.5, 0.6) is 11.5 Å². The highest BCUT2D eigenvalue weighted by Crippen LogP contribution is 2.28. The number of para-hydroxylation sites is 2. The molecule has 0 radical (unpaired) electrons. The molecule has 0 aromatic heterocycles. The van der Waals surface area contributed by atoms with Crippen molar-refractivity contribution in [3.8, 4) is 11.5 Å². The molecule has 1 N–H and O–H groups in total. The largest absolute Gasteiger partial charge is 0.497 e. The van der Waals surface area contributed by atoms with Crippen molar-refractivity contribution >= 4 is 17.3 Å². The van der Waals surface area contributed by atoms with Crippen molar-refractivity contribution in [1.82, 2.24) is 0 Å². The Morgan fingerprint density at radius 1 is 1.00 bits per heavy atom. The van der Waals surface area contributed by atoms with Crippen LogP contribution in [-0.2, 0) is 4.79 Å². The number of methoxy groups -OCH3 is 1. The number of nitrogens with zero attached hydrogens (tertiary/aromatic N) is 1. The summed E-state index contributed by atoms with van der Waals surface area (Å²) in [7, 11) is 1.64. The predicted molar refractivity (Wildman–Crippen MR) is 109 cm³/mol. The molecule has 2 aromatic rings. The first-order valence-corrected chi connectivity index (χ1v) is 9.67. The zero-order valence-electron chi connectivity index (χ0n) is 15.9. The molecule has 5 nitrogen and oxygen atoms in total. The van der Waals surface area contributed by atoms with Crippen molar-refractivity contribution < 1.29 is 14.3 Å². The quantitative estimate of drug-likeness (QED) is 0.698. The lowest BCUT2D eigenvalue weighted by Gasteiger charge is -2.30. The molecule has 1 aliphatic heterocycles. The van der Waals surface area contributed by atoms with Gasteiger partial charge in [-0.3, -0.25) is 4.79 Å². The van der Waals surface area contributed by atoms with Gasteiger partial charge in [0.2, 0.25) is 5.91 Å². The van der Waals surface area contributed by atoms with Crippen molar-refractivity contribution in [3.05, 3.63) is 48.5 Å². The van der Waals surface area contributed by atoms with Gasteiger partial charge < -0.3 is 19.7 Å². The van der Waals surface area contributed by atoms with E-state index in [0.717, 1.165) is 36.0 Å². The number of carbonyl (C=O) groups excluding carboxylic acids is 1. The van der Waals surface area contributed by atoms with Crippen LogP contribution in [-0.4, -0.2) is 32.7 Å². The van der Waals surface area contributed by atoms with E-state index < -0.39 is 0 Å². The first-order valence-electron chi connectivity index (χ1n) is 9.67. The Hall–Kier alpha value is -2.69. The maximum atomic E-state index is 12.3. The average Bonchev–Trinajstić information content (AvgIpc) is 2.73. The maximum absolute atomic E-state index is 12.3. The summed E-state index contributed by atoms with van der Waals surface area (Å²) in [6.45, 7) is 2.62. The first-order chi connectivity index (χ1) is 13.3. The number of hydrogen-bond donors (Lipinski definition) is 1. The molecule has 1 amide bonds. The Kier molecular flexibility index (Phi) is 6.97. The van der Waals surface area contributed by atoms with E-state index in [0.29, 0.717) is 19.4 Å². The van der Waals surface area contributed by atoms with Crippen LogP contribution in [0.1, 0.15) is 32.1 Å². The van der Waals surface area contributed by atoms with Gasteiger partial charge in [-0.2, -0.15) is 0 Å². The topological polar surface area (TPSA) is 50.8 Å². The second kappa shape index (κ2) is 9.86. The summed E-state index contributed by atoms with van der Waals surface area (Å²) in [5.74, 6) is 1.61. The van der Waals surface area contributed by atoms with Gasteiger partial charge in [0.05, 0.1) is 25.1 Å². The Morgan fingerprint density at radius 2 is 1.70 bits per heavy atom. The van der Waals surface area contributed by atoms with E-state index in [-0.39, 0.29) is 5.91 Å². The summed E-state index contributed by atoms with van der Waals surface area (Å²) in [5, 5.41) is 3.07. The second-order valence-electron chi connectivity index (χ2n) is 6.74. The molecule has 0 saturated carbocycles. The van der Waals surface area contributed by atoms with Gasteiger partial charge in [-0.1, -0.05) is 12.1 Å². The van der Waals surface area contributed by atoms with Crippen LogP contribution >= 0.6 is 0 Å². The SMILES string of the molecule is COc1ccc(OCCCC(=O)Nc2ccccc2N2CCCCC2)cc1. The van der Waals surface area contributed by atoms with Crippen LogP contribution < -0.4 is 19.7 Å². The summed E-state index contributed by atoms with van der Waals surface area (Å²) < 4.78 is 10.8. The smallest absolute Gasteiger partial charge is 0.224 e. The number of piperidine rings is 1. The van der Waals surface area contributed by atoms with Gasteiger partial charge in [0.15, 0.2) is 0 Å². The lowest BCUT2D eigenvalue weighted by atomic mass is 10.1. The molecule has 1 aliphatic rings. The first kappa shape index (κ1) is 19.1. The maximum Gasteiger partial charge on any atom is 0.224 e. The summed E-state index contributed by atoms with van der Waals surface area (Å²) in [6.07, 6.45) is 4.82. The van der Waals surface area contributed by atoms with Crippen molar-refractivity contribution in [1.29, 1.82) is 0 Å². The Morgan fingerprint density at radius 3 is 2.44 bits per heavy atom. The van der Waals surface area contributed by atoms with Crippen molar-refractivity contribution in [2.45, 2.75) is 32.1 Å². The fraction of sp³-hybridized carbons (Fsp3) is 0.409. The van der Waals surface area contributed by atoms with Crippen molar-refractivity contribution in [2.75, 3.05) is 37.0 Å². The molecule has 0 aliphatic carbocycles. The van der Waals surface area contributed by atoms with Gasteiger partial charge in [0.1, 0.15) is 11.5 Å². The Balaban J connectivity index is 1.45. The molecule has 0 unspecified atom stereocenters. The van der Waals surface area contributed by atoms with E-state index >= 15 is 0 Å². The minimum Gasteiger partial charge on any atom is -0.497 e. The molecular formula is C22H28N2O3. The number of amides is 1. The van der Waals surface area contributed by atoms with Crippen LogP contribution in [0, 0.1) is 0 Å². The number of hydrogen-bond acceptors (Lipinski definition) is 4. The average molecular weight is 368 g/mol. The molecule has 1 heterocycles. The minimum absolute atomic E-state index is 0.0257. The third-order valence-electron chi connectivity index (χ3n) is 4.75. The van der Waals surface area contributed by atoms with Crippen LogP contribution in [0.15, 0.2) is 48.5 Å². The zero-order chi connectivity index (χ0) is 18.9. The Bertz CT molecular complexity index is 725. The Labute approximate surface area is 161 Å². The highest BCUT2D eigenvalue weighted by atomic mass is 16.5. The number of nitrogens with one attached hydrogen (secondary N) is 1. The lowest BCUT2D eigenvalue weighted by molar-refractivity contribution is -0.116. The molecule has 27 heavy (non-hydrogen) atoms. The number of ether oxygens (including phenoxy) is 2. The fourth-order valence-electron chi connectivity index (χ4n) is 3.30. The number of rotatable bonds is 8. The molecule has 1 saturated heterocycles. The van der Waals surface area contributed by atoms with Gasteiger partial charge in [0, 0.05) is 19.5 Å². The van der Waals surface area contributed by atoms with Crippen molar-refractivity contribution in [2.24, 2.45) is 0 Å². The third-order valence-corrected chi connectivity index (χ3v) is 4.75. The van der Waals surface area contributed by atoms with Gasteiger partial charge in [-0.25, -0.2) is 0 Å². The van der Waals surface area contributed by atoms with Crippen LogP contribution in [0.25, 0.3) is 0 Å². The molecule has 1 fully saturated rings. The second-order valence-corrected chi connectivity index (χ2v) is 6.74. The molecule has 144 valence electrons. The standard InChI is InChI=1S/C22H28N2O3/c1-26-18-11-13-19(14-12-18)27-17-7-10-22(25)23-20-8-3-4-9-21(20)24-15-5-2-6-16-24/h3-4,8-9,11-14H,2,5-7,10,15-17H2,1H3,(H,23,25). The van der Waals surface area contributed by atoms with E-state index in [1.165, 1.54) is 19.3 Å². The van der Waals surface area contributed by atoms with E-state index in [2.05, 4.69) is 16.3 Å². The summed E-state index contributed by atoms with van der Waals surface area (Å²) in [4.78, 5) is 14.7. The third kappa shape index (κ3) is 5.64. The lowest BCUT2D eigenvalue weighted by Crippen LogP contribution is -2.30. The molecular weight excluding hydrogens is 340 g/mol. The van der Waals surface area contributed by atoms with Gasteiger partial charge in [0.25, 0.3) is 0 Å². The summed E-state index contributed by atoms with van der Waals surface area (Å²) in [6, 6.07) is 15.5. The predicted octanol–water partition coefficient (Wildman–Crippen LogP) is 4.48. The van der Waals surface area contributed by atoms with Crippen LogP contribution in [0.4, 0.5) is 11.4 Å². The monoisotopic (exact) mass is 368 g/mol. The molecule has 0 bridgehead atoms. The zero-order valence-corrected chi connectivity index (χ0v) is 15.9. The van der Waals surface area contributed by atoms with E-state index in [1.807, 2.05) is 42.5 Å². The number of benzene rings is 2. The number of carbonyl (C=O) groups is 1. The molecule has 0 spiro atoms. The van der Waals surface area contributed by atoms with Gasteiger partial charge in [-0.15, -0.1) is 0 Å². The molecule has 2 aromatic carbocycles.